The molecule has 3 aliphatic rings. The number of benzene rings is 2. The van der Waals surface area contributed by atoms with E-state index in [2.05, 4.69) is 28.5 Å². The number of ether oxygens (including phenoxy) is 2. The fourth-order valence-electron chi connectivity index (χ4n) is 8.41. The largest absolute Gasteiger partial charge is 0.461 e. The molecular formula is C37H38F2N8O3S. The number of aromatic nitrogens is 2. The lowest BCUT2D eigenvalue weighted by atomic mass is 9.94. The fourth-order valence-corrected chi connectivity index (χ4v) is 9.36. The van der Waals surface area contributed by atoms with E-state index >= 15 is 4.39 Å². The Morgan fingerprint density at radius 3 is 2.80 bits per heavy atom. The Kier molecular flexibility index (Phi) is 9.27. The third-order valence-electron chi connectivity index (χ3n) is 10.7. The number of likely N-dealkylation sites (N-methyl/N-ethyl adjacent to an activating group) is 1. The van der Waals surface area contributed by atoms with Gasteiger partial charge in [-0.1, -0.05) is 12.6 Å². The van der Waals surface area contributed by atoms with Crippen LogP contribution < -0.4 is 15.4 Å². The molecule has 4 aromatic rings. The van der Waals surface area contributed by atoms with Gasteiger partial charge in [-0.3, -0.25) is 9.69 Å². The lowest BCUT2D eigenvalue weighted by Crippen LogP contribution is -2.49. The topological polar surface area (TPSA) is 145 Å². The van der Waals surface area contributed by atoms with Crippen molar-refractivity contribution in [1.29, 1.82) is 10.5 Å². The van der Waals surface area contributed by atoms with Crippen molar-refractivity contribution in [3.8, 4) is 29.3 Å². The van der Waals surface area contributed by atoms with Gasteiger partial charge in [0.2, 0.25) is 5.91 Å². The van der Waals surface area contributed by atoms with Crippen molar-refractivity contribution in [2.75, 3.05) is 57.1 Å². The minimum Gasteiger partial charge on any atom is -0.461 e. The summed E-state index contributed by atoms with van der Waals surface area (Å²) in [6.45, 7) is 8.35. The Morgan fingerprint density at radius 2 is 2.08 bits per heavy atom. The Balaban J connectivity index is 1.40. The van der Waals surface area contributed by atoms with Gasteiger partial charge in [-0.05, 0) is 62.6 Å². The van der Waals surface area contributed by atoms with Crippen LogP contribution in [0, 0.1) is 28.5 Å². The number of nitrogens with two attached hydrogens (primary N) is 1. The quantitative estimate of drug-likeness (QED) is 0.208. The maximum Gasteiger partial charge on any atom is 0.319 e. The van der Waals surface area contributed by atoms with E-state index in [0.29, 0.717) is 65.7 Å². The molecule has 3 saturated heterocycles. The van der Waals surface area contributed by atoms with Gasteiger partial charge in [0.05, 0.1) is 51.6 Å². The molecule has 264 valence electrons. The van der Waals surface area contributed by atoms with Crippen molar-refractivity contribution in [1.82, 2.24) is 19.8 Å². The van der Waals surface area contributed by atoms with E-state index in [9.17, 15) is 19.7 Å². The lowest BCUT2D eigenvalue weighted by molar-refractivity contribution is -0.127. The van der Waals surface area contributed by atoms with Crippen molar-refractivity contribution >= 4 is 49.1 Å². The van der Waals surface area contributed by atoms with Crippen molar-refractivity contribution in [2.45, 2.75) is 56.4 Å². The first-order valence-corrected chi connectivity index (χ1v) is 17.9. The minimum atomic E-state index is -0.928. The number of methoxy groups -OCH3 is 1. The number of fused-ring (bicyclic) bond motifs is 3. The SMILES string of the molecule is C=CC(=O)N1CCC(N(CC)c2nc(OC[C@@]34CCCN3C[C@H](F)C4)nc3cc(-c4ccc(F)c5sc(N)c(C#N)c45)c(C#N)cc23)C1COC. The zero-order chi connectivity index (χ0) is 36.0. The number of amides is 1. The molecule has 7 rings (SSSR count). The van der Waals surface area contributed by atoms with Gasteiger partial charge in [0, 0.05) is 49.5 Å². The molecule has 2 aromatic heterocycles. The summed E-state index contributed by atoms with van der Waals surface area (Å²) in [6.07, 6.45) is 3.15. The van der Waals surface area contributed by atoms with E-state index in [1.165, 1.54) is 12.1 Å². The summed E-state index contributed by atoms with van der Waals surface area (Å²) in [7, 11) is 1.59. The molecule has 2 N–H and O–H groups in total. The number of carbonyl (C=O) groups excluding carboxylic acids is 1. The molecule has 3 fully saturated rings. The second kappa shape index (κ2) is 13.7. The van der Waals surface area contributed by atoms with Gasteiger partial charge in [0.15, 0.2) is 0 Å². The molecule has 3 aliphatic heterocycles. The first kappa shape index (κ1) is 34.6. The van der Waals surface area contributed by atoms with Crippen LogP contribution in [0.5, 0.6) is 6.01 Å². The summed E-state index contributed by atoms with van der Waals surface area (Å²) >= 11 is 0.985. The number of alkyl halides is 1. The highest BCUT2D eigenvalue weighted by molar-refractivity contribution is 7.23. The molecule has 14 heteroatoms. The summed E-state index contributed by atoms with van der Waals surface area (Å²) in [5.74, 6) is -0.195. The third-order valence-corrected chi connectivity index (χ3v) is 11.7. The maximum absolute atomic E-state index is 15.0. The predicted octanol–water partition coefficient (Wildman–Crippen LogP) is 5.56. The van der Waals surface area contributed by atoms with Crippen molar-refractivity contribution < 1.29 is 23.0 Å². The number of halogens is 2. The molecule has 11 nitrogen and oxygen atoms in total. The number of nitriles is 2. The molecule has 0 saturated carbocycles. The summed E-state index contributed by atoms with van der Waals surface area (Å²) in [5, 5.41) is 21.6. The van der Waals surface area contributed by atoms with Crippen LogP contribution in [0.3, 0.4) is 0 Å². The van der Waals surface area contributed by atoms with Crippen molar-refractivity contribution in [2.24, 2.45) is 0 Å². The van der Waals surface area contributed by atoms with Gasteiger partial charge in [-0.15, -0.1) is 11.3 Å². The van der Waals surface area contributed by atoms with Crippen molar-refractivity contribution in [3.63, 3.8) is 0 Å². The summed E-state index contributed by atoms with van der Waals surface area (Å²) in [6, 6.07) is 10.3. The highest BCUT2D eigenvalue weighted by atomic mass is 32.1. The maximum atomic E-state index is 15.0. The predicted molar refractivity (Wildman–Crippen MR) is 192 cm³/mol. The number of anilines is 2. The van der Waals surface area contributed by atoms with Gasteiger partial charge in [0.1, 0.15) is 35.5 Å². The molecule has 51 heavy (non-hydrogen) atoms. The smallest absolute Gasteiger partial charge is 0.319 e. The van der Waals surface area contributed by atoms with Crippen LogP contribution in [-0.4, -0.2) is 96.0 Å². The number of nitrogen functional groups attached to an aromatic ring is 1. The number of nitrogens with zero attached hydrogens (tertiary/aromatic N) is 7. The molecule has 0 bridgehead atoms. The summed E-state index contributed by atoms with van der Waals surface area (Å²) in [4.78, 5) is 28.7. The number of likely N-dealkylation sites (tertiary alicyclic amines) is 1. The Morgan fingerprint density at radius 1 is 1.25 bits per heavy atom. The van der Waals surface area contributed by atoms with Gasteiger partial charge < -0.3 is 25.0 Å². The number of rotatable bonds is 10. The molecule has 1 amide bonds. The number of thiophene rings is 1. The first-order chi connectivity index (χ1) is 24.7. The van der Waals surface area contributed by atoms with E-state index in [1.807, 2.05) is 6.92 Å². The monoisotopic (exact) mass is 712 g/mol. The zero-order valence-electron chi connectivity index (χ0n) is 28.5. The van der Waals surface area contributed by atoms with Gasteiger partial charge in [-0.2, -0.15) is 20.5 Å². The van der Waals surface area contributed by atoms with Crippen LogP contribution in [0.1, 0.15) is 43.7 Å². The zero-order valence-corrected chi connectivity index (χ0v) is 29.3. The summed E-state index contributed by atoms with van der Waals surface area (Å²) in [5.41, 5.74) is 7.49. The molecular weight excluding hydrogens is 675 g/mol. The second-order valence-electron chi connectivity index (χ2n) is 13.4. The van der Waals surface area contributed by atoms with Gasteiger partial charge in [-0.25, -0.2) is 8.78 Å². The normalized spacial score (nSPS) is 23.0. The van der Waals surface area contributed by atoms with E-state index < -0.39 is 17.5 Å². The fraction of sp³-hybridized carbons (Fsp3) is 0.432. The van der Waals surface area contributed by atoms with E-state index in [4.69, 9.17) is 25.2 Å². The Hall–Kier alpha value is -4.89. The lowest BCUT2D eigenvalue weighted by Gasteiger charge is -2.36. The molecule has 2 aromatic carbocycles. The number of carbonyl (C=O) groups is 1. The van der Waals surface area contributed by atoms with Crippen LogP contribution in [0.15, 0.2) is 36.9 Å². The van der Waals surface area contributed by atoms with Crippen LogP contribution in [0.4, 0.5) is 19.6 Å². The average molecular weight is 713 g/mol. The van der Waals surface area contributed by atoms with E-state index in [1.54, 1.807) is 30.2 Å². The van der Waals surface area contributed by atoms with E-state index in [-0.39, 0.29) is 58.0 Å². The standard InChI is InChI=1S/C37H38F2N8O3S/c1-4-31(48)47-12-9-29(30(47)19-49-3)46(5-2)35-25-13-21(16-40)24(23-7-8-27(39)33-32(23)26(17-41)34(42)51-33)14-28(25)43-36(44-35)50-20-37-10-6-11-45(37)18-22(38)15-37/h4,7-8,13-14,22,29-30H,1,5-6,9-12,15,18-20,42H2,2-3H3/t22-,29?,30?,37+/m1/s1. The average Bonchev–Trinajstić information content (AvgIpc) is 3.88. The molecule has 0 aliphatic carbocycles. The first-order valence-electron chi connectivity index (χ1n) is 17.0. The van der Waals surface area contributed by atoms with Gasteiger partial charge in [0.25, 0.3) is 0 Å². The van der Waals surface area contributed by atoms with Crippen LogP contribution in [0.2, 0.25) is 0 Å². The van der Waals surface area contributed by atoms with Crippen LogP contribution in [-0.2, 0) is 9.53 Å². The van der Waals surface area contributed by atoms with Crippen molar-refractivity contribution in [3.05, 3.63) is 53.9 Å². The van der Waals surface area contributed by atoms with Crippen LogP contribution in [0.25, 0.3) is 32.1 Å². The number of hydrogen-bond donors (Lipinski definition) is 1. The minimum absolute atomic E-state index is 0.0946. The molecule has 5 heterocycles. The third kappa shape index (κ3) is 5.81. The molecule has 2 unspecified atom stereocenters. The molecule has 0 radical (unpaired) electrons. The summed E-state index contributed by atoms with van der Waals surface area (Å²) < 4.78 is 41.9. The number of hydrogen-bond acceptors (Lipinski definition) is 11. The molecule has 0 spiro atoms. The Labute approximate surface area is 298 Å². The van der Waals surface area contributed by atoms with Crippen LogP contribution >= 0.6 is 11.3 Å². The Bertz CT molecular complexity index is 2130. The van der Waals surface area contributed by atoms with E-state index in [0.717, 1.165) is 30.7 Å². The highest BCUT2D eigenvalue weighted by Crippen LogP contribution is 2.44. The second-order valence-corrected chi connectivity index (χ2v) is 14.4. The highest BCUT2D eigenvalue weighted by Gasteiger charge is 2.49. The van der Waals surface area contributed by atoms with Gasteiger partial charge >= 0.3 is 6.01 Å². The molecule has 4 atom stereocenters.